The number of nitrogens with two attached hydrogens (primary N) is 1. The number of imidazole rings is 1. The van der Waals surface area contributed by atoms with Gasteiger partial charge in [-0.3, -0.25) is 9.48 Å². The lowest BCUT2D eigenvalue weighted by Gasteiger charge is -2.36. The van der Waals surface area contributed by atoms with Crippen molar-refractivity contribution >= 4 is 11.6 Å². The summed E-state index contributed by atoms with van der Waals surface area (Å²) in [6, 6.07) is 12.3. The SMILES string of the molecule is CO[C@H](C)c1cc(-c2ccnn2C(C)C)cn2cc(C(=O)N3CCC(Cc4ccccc4CN)[C@H](O)C3)nc12. The van der Waals surface area contributed by atoms with Crippen LogP contribution in [0.4, 0.5) is 0 Å². The standard InChI is InChI=1S/C30H38N6O3/c1-19(2)36-27(9-11-32-36)24-14-25(20(3)39-4)29-33-26(17-35(29)16-24)30(38)34-12-10-22(28(37)18-34)13-21-7-5-6-8-23(21)15-31/h5-9,11,14,16-17,19-20,22,28,37H,10,12-13,15,18,31H2,1-4H3/t20-,22?,28-/m1/s1. The van der Waals surface area contributed by atoms with Crippen molar-refractivity contribution in [1.29, 1.82) is 0 Å². The number of methoxy groups -OCH3 is 1. The molecule has 1 aromatic carbocycles. The highest BCUT2D eigenvalue weighted by atomic mass is 16.5. The van der Waals surface area contributed by atoms with Gasteiger partial charge in [-0.25, -0.2) is 4.98 Å². The number of aliphatic hydroxyl groups is 1. The van der Waals surface area contributed by atoms with Gasteiger partial charge in [0.15, 0.2) is 0 Å². The minimum atomic E-state index is -0.613. The minimum Gasteiger partial charge on any atom is -0.391 e. The second kappa shape index (κ2) is 11.3. The molecular formula is C30H38N6O3. The lowest BCUT2D eigenvalue weighted by Crippen LogP contribution is -2.47. The number of fused-ring (bicyclic) bond motifs is 1. The Bertz CT molecular complexity index is 1460. The molecule has 4 aromatic rings. The Balaban J connectivity index is 1.40. The van der Waals surface area contributed by atoms with Crippen molar-refractivity contribution < 1.29 is 14.6 Å². The summed E-state index contributed by atoms with van der Waals surface area (Å²) in [5, 5.41) is 15.5. The zero-order valence-electron chi connectivity index (χ0n) is 23.1. The monoisotopic (exact) mass is 530 g/mol. The number of carbonyl (C=O) groups excluding carboxylic acids is 1. The summed E-state index contributed by atoms with van der Waals surface area (Å²) in [6.45, 7) is 7.48. The zero-order valence-corrected chi connectivity index (χ0v) is 23.1. The van der Waals surface area contributed by atoms with Gasteiger partial charge in [-0.2, -0.15) is 5.10 Å². The number of aromatic nitrogens is 4. The second-order valence-corrected chi connectivity index (χ2v) is 10.7. The number of nitrogens with zero attached hydrogens (tertiary/aromatic N) is 5. The Labute approximate surface area is 229 Å². The van der Waals surface area contributed by atoms with Gasteiger partial charge in [-0.15, -0.1) is 0 Å². The molecule has 3 aromatic heterocycles. The van der Waals surface area contributed by atoms with Gasteiger partial charge in [0.1, 0.15) is 11.3 Å². The van der Waals surface area contributed by atoms with Gasteiger partial charge in [0, 0.05) is 62.5 Å². The van der Waals surface area contributed by atoms with Gasteiger partial charge in [0.25, 0.3) is 5.91 Å². The molecule has 206 valence electrons. The average molecular weight is 531 g/mol. The molecule has 1 unspecified atom stereocenters. The third kappa shape index (κ3) is 5.34. The number of hydrogen-bond donors (Lipinski definition) is 2. The van der Waals surface area contributed by atoms with Crippen molar-refractivity contribution in [2.24, 2.45) is 11.7 Å². The smallest absolute Gasteiger partial charge is 0.274 e. The van der Waals surface area contributed by atoms with E-state index in [2.05, 4.69) is 31.1 Å². The Morgan fingerprint density at radius 2 is 1.95 bits per heavy atom. The lowest BCUT2D eigenvalue weighted by atomic mass is 9.86. The first-order valence-corrected chi connectivity index (χ1v) is 13.6. The lowest BCUT2D eigenvalue weighted by molar-refractivity contribution is 0.0194. The van der Waals surface area contributed by atoms with Crippen LogP contribution in [-0.4, -0.2) is 61.4 Å². The number of pyridine rings is 1. The normalized spacial score (nSPS) is 18.7. The van der Waals surface area contributed by atoms with Crippen LogP contribution in [0.2, 0.25) is 0 Å². The molecule has 9 heteroatoms. The molecule has 5 rings (SSSR count). The quantitative estimate of drug-likeness (QED) is 0.356. The molecule has 3 N–H and O–H groups in total. The molecular weight excluding hydrogens is 492 g/mol. The van der Waals surface area contributed by atoms with Crippen LogP contribution in [0.15, 0.2) is 55.0 Å². The van der Waals surface area contributed by atoms with E-state index in [0.29, 0.717) is 30.9 Å². The maximum absolute atomic E-state index is 13.6. The average Bonchev–Trinajstić information content (AvgIpc) is 3.61. The van der Waals surface area contributed by atoms with Crippen LogP contribution in [0.5, 0.6) is 0 Å². The zero-order chi connectivity index (χ0) is 27.7. The van der Waals surface area contributed by atoms with Crippen LogP contribution < -0.4 is 5.73 Å². The van der Waals surface area contributed by atoms with E-state index in [1.165, 1.54) is 5.56 Å². The van der Waals surface area contributed by atoms with E-state index >= 15 is 0 Å². The molecule has 3 atom stereocenters. The Hall–Kier alpha value is -3.53. The summed E-state index contributed by atoms with van der Waals surface area (Å²) in [4.78, 5) is 20.0. The predicted molar refractivity (Wildman–Crippen MR) is 150 cm³/mol. The van der Waals surface area contributed by atoms with Gasteiger partial charge < -0.3 is 24.9 Å². The van der Waals surface area contributed by atoms with Crippen LogP contribution in [-0.2, 0) is 17.7 Å². The van der Waals surface area contributed by atoms with E-state index in [9.17, 15) is 9.90 Å². The van der Waals surface area contributed by atoms with E-state index in [1.54, 1.807) is 24.4 Å². The van der Waals surface area contributed by atoms with Gasteiger partial charge in [-0.1, -0.05) is 24.3 Å². The topological polar surface area (TPSA) is 111 Å². The summed E-state index contributed by atoms with van der Waals surface area (Å²) in [5.41, 5.74) is 12.1. The Morgan fingerprint density at radius 1 is 1.18 bits per heavy atom. The Morgan fingerprint density at radius 3 is 2.64 bits per heavy atom. The number of benzene rings is 1. The van der Waals surface area contributed by atoms with Crippen molar-refractivity contribution in [3.63, 3.8) is 0 Å². The Kier molecular flexibility index (Phi) is 7.83. The maximum atomic E-state index is 13.6. The van der Waals surface area contributed by atoms with Crippen molar-refractivity contribution in [3.05, 3.63) is 77.4 Å². The second-order valence-electron chi connectivity index (χ2n) is 10.7. The number of carbonyl (C=O) groups is 1. The van der Waals surface area contributed by atoms with Crippen LogP contribution in [0.3, 0.4) is 0 Å². The van der Waals surface area contributed by atoms with E-state index < -0.39 is 6.10 Å². The predicted octanol–water partition coefficient (Wildman–Crippen LogP) is 4.01. The van der Waals surface area contributed by atoms with Crippen LogP contribution in [0.1, 0.15) is 66.5 Å². The van der Waals surface area contributed by atoms with Crippen molar-refractivity contribution in [2.75, 3.05) is 20.2 Å². The van der Waals surface area contributed by atoms with E-state index in [-0.39, 0.29) is 30.5 Å². The molecule has 1 aliphatic rings. The van der Waals surface area contributed by atoms with Gasteiger partial charge in [0.05, 0.1) is 17.9 Å². The first kappa shape index (κ1) is 27.1. The van der Waals surface area contributed by atoms with Crippen LogP contribution in [0, 0.1) is 5.92 Å². The molecule has 39 heavy (non-hydrogen) atoms. The van der Waals surface area contributed by atoms with Crippen molar-refractivity contribution in [3.8, 4) is 11.3 Å². The van der Waals surface area contributed by atoms with E-state index in [1.807, 2.05) is 46.5 Å². The highest BCUT2D eigenvalue weighted by molar-refractivity contribution is 5.93. The fourth-order valence-electron chi connectivity index (χ4n) is 5.55. The number of hydrogen-bond acceptors (Lipinski definition) is 6. The van der Waals surface area contributed by atoms with Gasteiger partial charge in [-0.05, 0) is 62.8 Å². The highest BCUT2D eigenvalue weighted by Gasteiger charge is 2.32. The molecule has 9 nitrogen and oxygen atoms in total. The molecule has 1 fully saturated rings. The summed E-state index contributed by atoms with van der Waals surface area (Å²) < 4.78 is 9.54. The fraction of sp³-hybridized carbons (Fsp3) is 0.433. The summed E-state index contributed by atoms with van der Waals surface area (Å²) in [5.74, 6) is -0.103. The molecule has 0 bridgehead atoms. The summed E-state index contributed by atoms with van der Waals surface area (Å²) in [6.07, 6.45) is 6.19. The third-order valence-corrected chi connectivity index (χ3v) is 7.87. The number of rotatable bonds is 8. The number of ether oxygens (including phenoxy) is 1. The summed E-state index contributed by atoms with van der Waals surface area (Å²) >= 11 is 0. The van der Waals surface area contributed by atoms with E-state index in [4.69, 9.17) is 15.5 Å². The molecule has 1 amide bonds. The first-order chi connectivity index (χ1) is 18.8. The maximum Gasteiger partial charge on any atom is 0.274 e. The van der Waals surface area contributed by atoms with Crippen LogP contribution in [0.25, 0.3) is 16.9 Å². The largest absolute Gasteiger partial charge is 0.391 e. The molecule has 1 saturated heterocycles. The molecule has 0 aliphatic carbocycles. The van der Waals surface area contributed by atoms with E-state index in [0.717, 1.165) is 28.8 Å². The molecule has 0 saturated carbocycles. The molecule has 0 radical (unpaired) electrons. The van der Waals surface area contributed by atoms with Crippen molar-refractivity contribution in [1.82, 2.24) is 24.1 Å². The fourth-order valence-corrected chi connectivity index (χ4v) is 5.55. The number of likely N-dealkylation sites (tertiary alicyclic amines) is 1. The van der Waals surface area contributed by atoms with Crippen LogP contribution >= 0.6 is 0 Å². The first-order valence-electron chi connectivity index (χ1n) is 13.6. The highest BCUT2D eigenvalue weighted by Crippen LogP contribution is 2.30. The third-order valence-electron chi connectivity index (χ3n) is 7.87. The molecule has 0 spiro atoms. The van der Waals surface area contributed by atoms with Crippen molar-refractivity contribution in [2.45, 2.75) is 58.4 Å². The number of amides is 1. The molecule has 1 aliphatic heterocycles. The minimum absolute atomic E-state index is 0.0744. The number of β-amino-alcohol motifs (C(OH)–C–C–N with tert-alkyl or cyclic N) is 1. The molecule has 4 heterocycles. The number of aliphatic hydroxyl groups excluding tert-OH is 1. The summed E-state index contributed by atoms with van der Waals surface area (Å²) in [7, 11) is 1.67. The number of piperidine rings is 1. The van der Waals surface area contributed by atoms with Gasteiger partial charge >= 0.3 is 0 Å². The van der Waals surface area contributed by atoms with Gasteiger partial charge in [0.2, 0.25) is 0 Å².